The van der Waals surface area contributed by atoms with Crippen molar-refractivity contribution in [1.29, 1.82) is 0 Å². The van der Waals surface area contributed by atoms with E-state index in [1.807, 2.05) is 24.3 Å². The molecule has 1 aromatic rings. The summed E-state index contributed by atoms with van der Waals surface area (Å²) in [5, 5.41) is 3.07. The van der Waals surface area contributed by atoms with Crippen LogP contribution < -0.4 is 14.8 Å². The number of hydrogen-bond acceptors (Lipinski definition) is 3. The van der Waals surface area contributed by atoms with E-state index in [-0.39, 0.29) is 18.6 Å². The van der Waals surface area contributed by atoms with Gasteiger partial charge in [0.2, 0.25) is 6.10 Å². The van der Waals surface area contributed by atoms with Gasteiger partial charge in [-0.1, -0.05) is 39.8 Å². The molecule has 1 atom stereocenters. The number of ether oxygens (including phenoxy) is 2. The second-order valence-corrected chi connectivity index (χ2v) is 5.89. The molecule has 0 saturated heterocycles. The van der Waals surface area contributed by atoms with Gasteiger partial charge in [-0.25, -0.2) is 0 Å². The Kier molecular flexibility index (Phi) is 4.53. The van der Waals surface area contributed by atoms with Crippen LogP contribution in [0, 0.1) is 11.8 Å². The fourth-order valence-electron chi connectivity index (χ4n) is 2.51. The quantitative estimate of drug-likeness (QED) is 0.920. The predicted molar refractivity (Wildman–Crippen MR) is 78.0 cm³/mol. The molecule has 110 valence electrons. The number of nitrogens with one attached hydrogen (secondary N) is 1. The summed E-state index contributed by atoms with van der Waals surface area (Å²) in [6.45, 7) is 8.69. The maximum absolute atomic E-state index is 12.3. The number of para-hydroxylation sites is 2. The van der Waals surface area contributed by atoms with E-state index in [0.717, 1.165) is 0 Å². The van der Waals surface area contributed by atoms with Crippen molar-refractivity contribution in [1.82, 2.24) is 5.32 Å². The lowest BCUT2D eigenvalue weighted by Crippen LogP contribution is -2.50. The molecule has 2 rings (SSSR count). The van der Waals surface area contributed by atoms with Crippen molar-refractivity contribution in [2.45, 2.75) is 39.8 Å². The number of benzene rings is 1. The zero-order chi connectivity index (χ0) is 14.7. The Hall–Kier alpha value is -1.71. The normalized spacial score (nSPS) is 17.6. The maximum atomic E-state index is 12.3. The Bertz CT molecular complexity index is 463. The fourth-order valence-corrected chi connectivity index (χ4v) is 2.51. The van der Waals surface area contributed by atoms with Crippen LogP contribution in [-0.4, -0.2) is 24.7 Å². The standard InChI is InChI=1S/C16H23NO3/c1-10(2)15(11(3)4)17-16(18)14-9-19-12-7-5-6-8-13(12)20-14/h5-8,10-11,14-15H,9H2,1-4H3,(H,17,18). The van der Waals surface area contributed by atoms with Crippen molar-refractivity contribution in [3.05, 3.63) is 24.3 Å². The van der Waals surface area contributed by atoms with Crippen LogP contribution in [0.25, 0.3) is 0 Å². The number of fused-ring (bicyclic) bond motifs is 1. The van der Waals surface area contributed by atoms with E-state index in [0.29, 0.717) is 23.3 Å². The van der Waals surface area contributed by atoms with Gasteiger partial charge >= 0.3 is 0 Å². The van der Waals surface area contributed by atoms with Gasteiger partial charge in [0.05, 0.1) is 0 Å². The first-order valence-corrected chi connectivity index (χ1v) is 7.18. The Morgan fingerprint density at radius 2 is 1.75 bits per heavy atom. The van der Waals surface area contributed by atoms with Crippen LogP contribution in [-0.2, 0) is 4.79 Å². The van der Waals surface area contributed by atoms with E-state index in [9.17, 15) is 4.79 Å². The van der Waals surface area contributed by atoms with E-state index < -0.39 is 6.10 Å². The monoisotopic (exact) mass is 277 g/mol. The summed E-state index contributed by atoms with van der Waals surface area (Å²) in [4.78, 5) is 12.3. The maximum Gasteiger partial charge on any atom is 0.264 e. The second kappa shape index (κ2) is 6.16. The van der Waals surface area contributed by atoms with Crippen molar-refractivity contribution < 1.29 is 14.3 Å². The molecule has 0 radical (unpaired) electrons. The van der Waals surface area contributed by atoms with Gasteiger partial charge in [-0.3, -0.25) is 4.79 Å². The molecule has 1 heterocycles. The summed E-state index contributed by atoms with van der Waals surface area (Å²) in [5.74, 6) is 1.99. The van der Waals surface area contributed by atoms with Crippen LogP contribution in [0.1, 0.15) is 27.7 Å². The van der Waals surface area contributed by atoms with Crippen LogP contribution in [0.2, 0.25) is 0 Å². The van der Waals surface area contributed by atoms with Gasteiger partial charge in [0.15, 0.2) is 11.5 Å². The summed E-state index contributed by atoms with van der Waals surface area (Å²) in [6, 6.07) is 7.55. The molecule has 1 N–H and O–H groups in total. The number of carbonyl (C=O) groups excluding carboxylic acids is 1. The molecule has 0 aromatic heterocycles. The zero-order valence-electron chi connectivity index (χ0n) is 12.6. The molecule has 0 fully saturated rings. The third-order valence-electron chi connectivity index (χ3n) is 3.55. The molecule has 4 nitrogen and oxygen atoms in total. The highest BCUT2D eigenvalue weighted by Gasteiger charge is 2.30. The highest BCUT2D eigenvalue weighted by Crippen LogP contribution is 2.31. The zero-order valence-corrected chi connectivity index (χ0v) is 12.6. The molecule has 1 aliphatic rings. The van der Waals surface area contributed by atoms with Crippen molar-refractivity contribution in [3.8, 4) is 11.5 Å². The topological polar surface area (TPSA) is 47.6 Å². The summed E-state index contributed by atoms with van der Waals surface area (Å²) in [5.41, 5.74) is 0. The lowest BCUT2D eigenvalue weighted by atomic mass is 9.93. The molecule has 4 heteroatoms. The molecule has 1 aromatic carbocycles. The first-order chi connectivity index (χ1) is 9.49. The van der Waals surface area contributed by atoms with Crippen molar-refractivity contribution in [3.63, 3.8) is 0 Å². The van der Waals surface area contributed by atoms with Crippen LogP contribution in [0.15, 0.2) is 24.3 Å². The average Bonchev–Trinajstić information content (AvgIpc) is 2.43. The highest BCUT2D eigenvalue weighted by atomic mass is 16.6. The first kappa shape index (κ1) is 14.7. The van der Waals surface area contributed by atoms with Crippen LogP contribution in [0.5, 0.6) is 11.5 Å². The summed E-state index contributed by atoms with van der Waals surface area (Å²) >= 11 is 0. The summed E-state index contributed by atoms with van der Waals surface area (Å²) < 4.78 is 11.3. The lowest BCUT2D eigenvalue weighted by Gasteiger charge is -2.30. The van der Waals surface area contributed by atoms with Crippen LogP contribution in [0.3, 0.4) is 0 Å². The molecular formula is C16H23NO3. The van der Waals surface area contributed by atoms with E-state index in [1.54, 1.807) is 0 Å². The van der Waals surface area contributed by atoms with Gasteiger partial charge in [-0.15, -0.1) is 0 Å². The Balaban J connectivity index is 2.01. The van der Waals surface area contributed by atoms with E-state index in [1.165, 1.54) is 0 Å². The van der Waals surface area contributed by atoms with E-state index in [4.69, 9.17) is 9.47 Å². The van der Waals surface area contributed by atoms with E-state index in [2.05, 4.69) is 33.0 Å². The number of rotatable bonds is 4. The largest absolute Gasteiger partial charge is 0.485 e. The van der Waals surface area contributed by atoms with Gasteiger partial charge < -0.3 is 14.8 Å². The first-order valence-electron chi connectivity index (χ1n) is 7.18. The third kappa shape index (κ3) is 3.24. The van der Waals surface area contributed by atoms with Gasteiger partial charge in [0, 0.05) is 6.04 Å². The number of hydrogen-bond donors (Lipinski definition) is 1. The Labute approximate surface area is 120 Å². The summed E-state index contributed by atoms with van der Waals surface area (Å²) in [6.07, 6.45) is -0.579. The molecule has 0 aliphatic carbocycles. The molecule has 20 heavy (non-hydrogen) atoms. The SMILES string of the molecule is CC(C)C(NC(=O)C1COc2ccccc2O1)C(C)C. The van der Waals surface area contributed by atoms with Gasteiger partial charge in [-0.05, 0) is 24.0 Å². The summed E-state index contributed by atoms with van der Waals surface area (Å²) in [7, 11) is 0. The fraction of sp³-hybridized carbons (Fsp3) is 0.562. The molecular weight excluding hydrogens is 254 g/mol. The average molecular weight is 277 g/mol. The minimum atomic E-state index is -0.579. The van der Waals surface area contributed by atoms with E-state index >= 15 is 0 Å². The van der Waals surface area contributed by atoms with Gasteiger partial charge in [-0.2, -0.15) is 0 Å². The Morgan fingerprint density at radius 1 is 1.15 bits per heavy atom. The molecule has 1 unspecified atom stereocenters. The van der Waals surface area contributed by atoms with Gasteiger partial charge in [0.25, 0.3) is 5.91 Å². The van der Waals surface area contributed by atoms with Crippen LogP contribution in [0.4, 0.5) is 0 Å². The van der Waals surface area contributed by atoms with Gasteiger partial charge in [0.1, 0.15) is 6.61 Å². The number of amides is 1. The molecule has 1 aliphatic heterocycles. The lowest BCUT2D eigenvalue weighted by molar-refractivity contribution is -0.131. The van der Waals surface area contributed by atoms with Crippen molar-refractivity contribution in [2.75, 3.05) is 6.61 Å². The predicted octanol–water partition coefficient (Wildman–Crippen LogP) is 2.62. The van der Waals surface area contributed by atoms with Crippen LogP contribution >= 0.6 is 0 Å². The second-order valence-electron chi connectivity index (χ2n) is 5.89. The molecule has 0 saturated carbocycles. The number of carbonyl (C=O) groups is 1. The van der Waals surface area contributed by atoms with Crippen molar-refractivity contribution in [2.24, 2.45) is 11.8 Å². The Morgan fingerprint density at radius 3 is 2.35 bits per heavy atom. The third-order valence-corrected chi connectivity index (χ3v) is 3.55. The highest BCUT2D eigenvalue weighted by molar-refractivity contribution is 5.82. The smallest absolute Gasteiger partial charge is 0.264 e. The van der Waals surface area contributed by atoms with Crippen molar-refractivity contribution >= 4 is 5.91 Å². The molecule has 0 bridgehead atoms. The minimum absolute atomic E-state index is 0.105. The minimum Gasteiger partial charge on any atom is -0.485 e. The molecule has 1 amide bonds. The molecule has 0 spiro atoms.